The third-order valence-corrected chi connectivity index (χ3v) is 3.55. The summed E-state index contributed by atoms with van der Waals surface area (Å²) >= 11 is 0. The second kappa shape index (κ2) is 4.95. The van der Waals surface area contributed by atoms with Crippen LogP contribution < -0.4 is 5.32 Å². The van der Waals surface area contributed by atoms with Crippen molar-refractivity contribution in [1.82, 2.24) is 20.1 Å². The number of nitrogens with one attached hydrogen (secondary N) is 1. The molecule has 1 N–H and O–H groups in total. The van der Waals surface area contributed by atoms with E-state index in [2.05, 4.69) is 29.2 Å². The molecule has 1 aromatic rings. The lowest BCUT2D eigenvalue weighted by Gasteiger charge is -2.28. The minimum atomic E-state index is 0.286. The maximum atomic E-state index is 4.39. The second-order valence-corrected chi connectivity index (χ2v) is 4.73. The van der Waals surface area contributed by atoms with E-state index in [9.17, 15) is 0 Å². The maximum Gasteiger partial charge on any atom is 0.138 e. The van der Waals surface area contributed by atoms with Crippen molar-refractivity contribution < 1.29 is 0 Å². The molecule has 1 unspecified atom stereocenters. The molecule has 0 spiro atoms. The van der Waals surface area contributed by atoms with Crippen molar-refractivity contribution in [2.75, 3.05) is 6.54 Å². The molecule has 0 aromatic carbocycles. The first-order valence-electron chi connectivity index (χ1n) is 6.41. The van der Waals surface area contributed by atoms with Gasteiger partial charge in [-0.2, -0.15) is 5.10 Å². The Balaban J connectivity index is 2.11. The minimum Gasteiger partial charge on any atom is -0.311 e. The molecule has 0 aliphatic carbocycles. The van der Waals surface area contributed by atoms with Crippen molar-refractivity contribution in [3.63, 3.8) is 0 Å². The van der Waals surface area contributed by atoms with Crippen molar-refractivity contribution in [1.29, 1.82) is 0 Å². The van der Waals surface area contributed by atoms with Gasteiger partial charge in [0.15, 0.2) is 0 Å². The minimum absolute atomic E-state index is 0.286. The average molecular weight is 222 g/mol. The number of hydrogen-bond acceptors (Lipinski definition) is 3. The first-order chi connectivity index (χ1) is 7.79. The lowest BCUT2D eigenvalue weighted by Crippen LogP contribution is -2.42. The molecular weight excluding hydrogens is 200 g/mol. The summed E-state index contributed by atoms with van der Waals surface area (Å²) in [5.74, 6) is 1.13. The molecule has 2 rings (SSSR count). The molecule has 1 fully saturated rings. The molecule has 1 aromatic heterocycles. The molecule has 0 saturated carbocycles. The van der Waals surface area contributed by atoms with E-state index in [0.717, 1.165) is 25.3 Å². The fraction of sp³-hybridized carbons (Fsp3) is 0.833. The van der Waals surface area contributed by atoms with Gasteiger partial charge >= 0.3 is 0 Å². The van der Waals surface area contributed by atoms with E-state index in [4.69, 9.17) is 0 Å². The highest BCUT2D eigenvalue weighted by molar-refractivity contribution is 5.01. The number of rotatable bonds is 5. The van der Waals surface area contributed by atoms with Crippen LogP contribution in [0.2, 0.25) is 0 Å². The lowest BCUT2D eigenvalue weighted by molar-refractivity contribution is 0.329. The SMILES string of the molecule is CCCC1(Cc2ncnn2CC)CCCN1. The first kappa shape index (κ1) is 11.6. The molecule has 1 atom stereocenters. The van der Waals surface area contributed by atoms with E-state index in [1.54, 1.807) is 6.33 Å². The van der Waals surface area contributed by atoms with Crippen LogP contribution in [0.4, 0.5) is 0 Å². The Morgan fingerprint density at radius 3 is 3.00 bits per heavy atom. The van der Waals surface area contributed by atoms with Crippen LogP contribution in [0.15, 0.2) is 6.33 Å². The van der Waals surface area contributed by atoms with E-state index >= 15 is 0 Å². The van der Waals surface area contributed by atoms with Gasteiger partial charge < -0.3 is 5.32 Å². The van der Waals surface area contributed by atoms with Gasteiger partial charge in [-0.3, -0.25) is 4.68 Å². The fourth-order valence-corrected chi connectivity index (χ4v) is 2.79. The van der Waals surface area contributed by atoms with Gasteiger partial charge in [0.05, 0.1) is 0 Å². The summed E-state index contributed by atoms with van der Waals surface area (Å²) in [5, 5.41) is 7.93. The van der Waals surface area contributed by atoms with E-state index in [1.165, 1.54) is 25.7 Å². The van der Waals surface area contributed by atoms with Gasteiger partial charge in [0.1, 0.15) is 12.2 Å². The Hall–Kier alpha value is -0.900. The van der Waals surface area contributed by atoms with Crippen molar-refractivity contribution in [2.24, 2.45) is 0 Å². The summed E-state index contributed by atoms with van der Waals surface area (Å²) in [6.07, 6.45) is 7.73. The van der Waals surface area contributed by atoms with Crippen LogP contribution >= 0.6 is 0 Å². The highest BCUT2D eigenvalue weighted by atomic mass is 15.3. The Kier molecular flexibility index (Phi) is 3.59. The van der Waals surface area contributed by atoms with Crippen molar-refractivity contribution in [3.8, 4) is 0 Å². The van der Waals surface area contributed by atoms with Gasteiger partial charge in [0.2, 0.25) is 0 Å². The standard InChI is InChI=1S/C12H22N4/c1-3-6-12(7-5-8-14-12)9-11-13-10-15-16(11)4-2/h10,14H,3-9H2,1-2H3. The Bertz CT molecular complexity index is 326. The normalized spacial score (nSPS) is 25.1. The Morgan fingerprint density at radius 2 is 2.38 bits per heavy atom. The van der Waals surface area contributed by atoms with Crippen LogP contribution in [0.3, 0.4) is 0 Å². The lowest BCUT2D eigenvalue weighted by atomic mass is 9.88. The summed E-state index contributed by atoms with van der Waals surface area (Å²) in [6.45, 7) is 6.44. The highest BCUT2D eigenvalue weighted by Crippen LogP contribution is 2.28. The number of hydrogen-bond donors (Lipinski definition) is 1. The summed E-state index contributed by atoms with van der Waals surface area (Å²) < 4.78 is 2.01. The van der Waals surface area contributed by atoms with Crippen LogP contribution in [0.1, 0.15) is 45.4 Å². The zero-order valence-electron chi connectivity index (χ0n) is 10.4. The Morgan fingerprint density at radius 1 is 1.50 bits per heavy atom. The van der Waals surface area contributed by atoms with E-state index in [1.807, 2.05) is 4.68 Å². The van der Waals surface area contributed by atoms with Crippen LogP contribution in [-0.4, -0.2) is 26.8 Å². The smallest absolute Gasteiger partial charge is 0.138 e. The zero-order chi connectivity index (χ0) is 11.4. The van der Waals surface area contributed by atoms with Gasteiger partial charge in [0, 0.05) is 18.5 Å². The summed E-state index contributed by atoms with van der Waals surface area (Å²) in [6, 6.07) is 0. The quantitative estimate of drug-likeness (QED) is 0.825. The molecule has 4 nitrogen and oxygen atoms in total. The van der Waals surface area contributed by atoms with Gasteiger partial charge in [-0.05, 0) is 32.7 Å². The number of nitrogens with zero attached hydrogens (tertiary/aromatic N) is 3. The molecule has 0 amide bonds. The predicted octanol–water partition coefficient (Wildman–Crippen LogP) is 1.76. The van der Waals surface area contributed by atoms with Crippen LogP contribution in [0, 0.1) is 0 Å². The molecule has 16 heavy (non-hydrogen) atoms. The average Bonchev–Trinajstić information content (AvgIpc) is 2.89. The van der Waals surface area contributed by atoms with Gasteiger partial charge in [0.25, 0.3) is 0 Å². The van der Waals surface area contributed by atoms with E-state index < -0.39 is 0 Å². The number of aryl methyl sites for hydroxylation is 1. The summed E-state index contributed by atoms with van der Waals surface area (Å²) in [7, 11) is 0. The monoisotopic (exact) mass is 222 g/mol. The van der Waals surface area contributed by atoms with Crippen molar-refractivity contribution >= 4 is 0 Å². The molecule has 4 heteroatoms. The van der Waals surface area contributed by atoms with E-state index in [-0.39, 0.29) is 5.54 Å². The molecule has 0 radical (unpaired) electrons. The van der Waals surface area contributed by atoms with Crippen LogP contribution in [-0.2, 0) is 13.0 Å². The summed E-state index contributed by atoms with van der Waals surface area (Å²) in [4.78, 5) is 4.39. The number of aromatic nitrogens is 3. The third-order valence-electron chi connectivity index (χ3n) is 3.55. The second-order valence-electron chi connectivity index (χ2n) is 4.73. The Labute approximate surface area is 97.5 Å². The van der Waals surface area contributed by atoms with Crippen LogP contribution in [0.5, 0.6) is 0 Å². The van der Waals surface area contributed by atoms with Gasteiger partial charge in [-0.1, -0.05) is 13.3 Å². The molecular formula is C12H22N4. The highest BCUT2D eigenvalue weighted by Gasteiger charge is 2.33. The van der Waals surface area contributed by atoms with Crippen molar-refractivity contribution in [3.05, 3.63) is 12.2 Å². The van der Waals surface area contributed by atoms with Crippen LogP contribution in [0.25, 0.3) is 0 Å². The maximum absolute atomic E-state index is 4.39. The van der Waals surface area contributed by atoms with E-state index in [0.29, 0.717) is 0 Å². The largest absolute Gasteiger partial charge is 0.311 e. The molecule has 0 bridgehead atoms. The zero-order valence-corrected chi connectivity index (χ0v) is 10.4. The molecule has 1 saturated heterocycles. The summed E-state index contributed by atoms with van der Waals surface area (Å²) in [5.41, 5.74) is 0.286. The molecule has 1 aliphatic heterocycles. The fourth-order valence-electron chi connectivity index (χ4n) is 2.79. The first-order valence-corrected chi connectivity index (χ1v) is 6.41. The third kappa shape index (κ3) is 2.26. The topological polar surface area (TPSA) is 42.7 Å². The molecule has 2 heterocycles. The molecule has 90 valence electrons. The van der Waals surface area contributed by atoms with Gasteiger partial charge in [-0.25, -0.2) is 4.98 Å². The molecule has 1 aliphatic rings. The van der Waals surface area contributed by atoms with Gasteiger partial charge in [-0.15, -0.1) is 0 Å². The van der Waals surface area contributed by atoms with Crippen molar-refractivity contribution in [2.45, 2.75) is 58.0 Å². The predicted molar refractivity (Wildman–Crippen MR) is 64.3 cm³/mol.